The smallest absolute Gasteiger partial charge is 0.0146 e. The van der Waals surface area contributed by atoms with Crippen LogP contribution >= 0.6 is 0 Å². The van der Waals surface area contributed by atoms with Crippen LogP contribution in [0.15, 0.2) is 0 Å². The van der Waals surface area contributed by atoms with Crippen molar-refractivity contribution in [3.63, 3.8) is 0 Å². The van der Waals surface area contributed by atoms with E-state index >= 15 is 0 Å². The van der Waals surface area contributed by atoms with E-state index in [4.69, 9.17) is 0 Å². The summed E-state index contributed by atoms with van der Waals surface area (Å²) in [6.07, 6.45) is 5.43. The third-order valence-electron chi connectivity index (χ3n) is 3.46. The summed E-state index contributed by atoms with van der Waals surface area (Å²) in [5, 5.41) is 3.72. The molecule has 0 aromatic carbocycles. The summed E-state index contributed by atoms with van der Waals surface area (Å²) in [7, 11) is 0. The van der Waals surface area contributed by atoms with Crippen LogP contribution in [-0.4, -0.2) is 12.6 Å². The Morgan fingerprint density at radius 1 is 1.31 bits per heavy atom. The fourth-order valence-corrected chi connectivity index (χ4v) is 2.03. The van der Waals surface area contributed by atoms with E-state index in [0.29, 0.717) is 5.41 Å². The molecule has 1 unspecified atom stereocenters. The van der Waals surface area contributed by atoms with Crippen molar-refractivity contribution in [1.29, 1.82) is 0 Å². The molecule has 1 heteroatoms. The van der Waals surface area contributed by atoms with Crippen molar-refractivity contribution in [3.8, 4) is 0 Å². The molecule has 0 heterocycles. The van der Waals surface area contributed by atoms with E-state index in [0.717, 1.165) is 12.0 Å². The molecule has 0 bridgehead atoms. The van der Waals surface area contributed by atoms with Crippen LogP contribution in [0.4, 0.5) is 0 Å². The van der Waals surface area contributed by atoms with Crippen molar-refractivity contribution in [1.82, 2.24) is 5.32 Å². The van der Waals surface area contributed by atoms with Gasteiger partial charge in [0.15, 0.2) is 0 Å². The first-order valence-electron chi connectivity index (χ1n) is 5.85. The molecule has 13 heavy (non-hydrogen) atoms. The van der Waals surface area contributed by atoms with Gasteiger partial charge in [-0.2, -0.15) is 0 Å². The Morgan fingerprint density at radius 3 is 2.31 bits per heavy atom. The van der Waals surface area contributed by atoms with Crippen LogP contribution in [0.25, 0.3) is 0 Å². The van der Waals surface area contributed by atoms with Crippen molar-refractivity contribution in [2.75, 3.05) is 6.54 Å². The molecule has 0 saturated heterocycles. The van der Waals surface area contributed by atoms with E-state index in [1.54, 1.807) is 0 Å². The van der Waals surface area contributed by atoms with Crippen LogP contribution in [-0.2, 0) is 0 Å². The van der Waals surface area contributed by atoms with Gasteiger partial charge in [0.2, 0.25) is 0 Å². The van der Waals surface area contributed by atoms with Gasteiger partial charge in [0.05, 0.1) is 0 Å². The topological polar surface area (TPSA) is 12.0 Å². The number of nitrogens with one attached hydrogen (secondary N) is 1. The minimum absolute atomic E-state index is 0.482. The molecule has 0 radical (unpaired) electrons. The minimum atomic E-state index is 0.482. The second-order valence-electron chi connectivity index (χ2n) is 5.11. The predicted molar refractivity (Wildman–Crippen MR) is 58.9 cm³/mol. The lowest BCUT2D eigenvalue weighted by Gasteiger charge is -2.34. The van der Waals surface area contributed by atoms with E-state index in [9.17, 15) is 0 Å². The maximum Gasteiger partial charge on any atom is 0.0146 e. The van der Waals surface area contributed by atoms with Crippen molar-refractivity contribution in [3.05, 3.63) is 0 Å². The molecule has 1 atom stereocenters. The maximum absolute atomic E-state index is 3.72. The lowest BCUT2D eigenvalue weighted by atomic mass is 9.79. The Hall–Kier alpha value is -0.0400. The second kappa shape index (κ2) is 4.45. The van der Waals surface area contributed by atoms with Gasteiger partial charge in [-0.3, -0.25) is 0 Å². The van der Waals surface area contributed by atoms with Crippen LogP contribution in [0.5, 0.6) is 0 Å². The van der Waals surface area contributed by atoms with Crippen molar-refractivity contribution in [2.24, 2.45) is 11.3 Å². The molecule has 1 aliphatic carbocycles. The van der Waals surface area contributed by atoms with Crippen LogP contribution in [0.2, 0.25) is 0 Å². The van der Waals surface area contributed by atoms with E-state index in [2.05, 4.69) is 33.0 Å². The summed E-state index contributed by atoms with van der Waals surface area (Å²) in [6.45, 7) is 10.5. The van der Waals surface area contributed by atoms with Crippen LogP contribution in [0, 0.1) is 11.3 Å². The molecular weight excluding hydrogens is 158 g/mol. The van der Waals surface area contributed by atoms with Crippen molar-refractivity contribution >= 4 is 0 Å². The third-order valence-corrected chi connectivity index (χ3v) is 3.46. The molecule has 1 N–H and O–H groups in total. The number of rotatable bonds is 6. The van der Waals surface area contributed by atoms with Gasteiger partial charge in [-0.05, 0) is 43.6 Å². The molecule has 1 rings (SSSR count). The summed E-state index contributed by atoms with van der Waals surface area (Å²) >= 11 is 0. The monoisotopic (exact) mass is 183 g/mol. The lowest BCUT2D eigenvalue weighted by Crippen LogP contribution is -2.43. The van der Waals surface area contributed by atoms with Crippen molar-refractivity contribution in [2.45, 2.75) is 59.4 Å². The first-order valence-corrected chi connectivity index (χ1v) is 5.85. The highest BCUT2D eigenvalue weighted by molar-refractivity contribution is 4.94. The van der Waals surface area contributed by atoms with Gasteiger partial charge >= 0.3 is 0 Å². The molecule has 1 nitrogen and oxygen atoms in total. The first-order chi connectivity index (χ1) is 6.11. The van der Waals surface area contributed by atoms with Crippen molar-refractivity contribution < 1.29 is 0 Å². The second-order valence-corrected chi connectivity index (χ2v) is 5.11. The van der Waals surface area contributed by atoms with Gasteiger partial charge in [-0.1, -0.05) is 27.7 Å². The maximum atomic E-state index is 3.72. The minimum Gasteiger partial charge on any atom is -0.313 e. The van der Waals surface area contributed by atoms with E-state index in [1.807, 2.05) is 0 Å². The molecule has 0 aromatic rings. The Bertz CT molecular complexity index is 147. The summed E-state index contributed by atoms with van der Waals surface area (Å²) < 4.78 is 0. The standard InChI is InChI=1S/C12H25N/c1-5-9-13-11(10-7-8-10)12(3,4)6-2/h10-11,13H,5-9H2,1-4H3. The molecule has 0 aliphatic heterocycles. The summed E-state index contributed by atoms with van der Waals surface area (Å²) in [6, 6.07) is 0.762. The van der Waals surface area contributed by atoms with Crippen LogP contribution in [0.1, 0.15) is 53.4 Å². The largest absolute Gasteiger partial charge is 0.313 e. The quantitative estimate of drug-likeness (QED) is 0.667. The molecule has 1 fully saturated rings. The molecular formula is C12H25N. The Labute approximate surface area is 83.3 Å². The van der Waals surface area contributed by atoms with Gasteiger partial charge in [0, 0.05) is 6.04 Å². The highest BCUT2D eigenvalue weighted by atomic mass is 14.9. The van der Waals surface area contributed by atoms with Gasteiger partial charge in [-0.25, -0.2) is 0 Å². The van der Waals surface area contributed by atoms with Gasteiger partial charge in [0.25, 0.3) is 0 Å². The average Bonchev–Trinajstić information content (AvgIpc) is 2.89. The Morgan fingerprint density at radius 2 is 1.92 bits per heavy atom. The molecule has 0 amide bonds. The fourth-order valence-electron chi connectivity index (χ4n) is 2.03. The highest BCUT2D eigenvalue weighted by Gasteiger charge is 2.39. The van der Waals surface area contributed by atoms with E-state index in [1.165, 1.54) is 32.2 Å². The van der Waals surface area contributed by atoms with E-state index < -0.39 is 0 Å². The highest BCUT2D eigenvalue weighted by Crippen LogP contribution is 2.41. The summed E-state index contributed by atoms with van der Waals surface area (Å²) in [5.41, 5.74) is 0.482. The average molecular weight is 183 g/mol. The van der Waals surface area contributed by atoms with Gasteiger partial charge in [-0.15, -0.1) is 0 Å². The lowest BCUT2D eigenvalue weighted by molar-refractivity contribution is 0.209. The van der Waals surface area contributed by atoms with Crippen LogP contribution < -0.4 is 5.32 Å². The molecule has 0 spiro atoms. The molecule has 78 valence electrons. The molecule has 1 saturated carbocycles. The fraction of sp³-hybridized carbons (Fsp3) is 1.00. The summed E-state index contributed by atoms with van der Waals surface area (Å²) in [4.78, 5) is 0. The number of hydrogen-bond donors (Lipinski definition) is 1. The summed E-state index contributed by atoms with van der Waals surface area (Å²) in [5.74, 6) is 0.974. The normalized spacial score (nSPS) is 20.3. The Balaban J connectivity index is 2.45. The SMILES string of the molecule is CCCNC(C1CC1)C(C)(C)CC. The number of hydrogen-bond acceptors (Lipinski definition) is 1. The first kappa shape index (κ1) is 11.0. The van der Waals surface area contributed by atoms with E-state index in [-0.39, 0.29) is 0 Å². The zero-order valence-electron chi connectivity index (χ0n) is 9.69. The van der Waals surface area contributed by atoms with Crippen LogP contribution in [0.3, 0.4) is 0 Å². The molecule has 0 aromatic heterocycles. The zero-order valence-corrected chi connectivity index (χ0v) is 9.69. The zero-order chi connectivity index (χ0) is 9.90. The van der Waals surface area contributed by atoms with Gasteiger partial charge < -0.3 is 5.32 Å². The Kier molecular flexibility index (Phi) is 3.78. The molecule has 1 aliphatic rings. The van der Waals surface area contributed by atoms with Gasteiger partial charge in [0.1, 0.15) is 0 Å². The third kappa shape index (κ3) is 2.98. The predicted octanol–water partition coefficient (Wildman–Crippen LogP) is 3.20.